The van der Waals surface area contributed by atoms with Crippen molar-refractivity contribution in [2.75, 3.05) is 39.6 Å². The highest BCUT2D eigenvalue weighted by atomic mass is 31.2. The summed E-state index contributed by atoms with van der Waals surface area (Å²) in [6, 6.07) is 0. The largest absolute Gasteiger partial charge is 0.472 e. The fourth-order valence-electron chi connectivity index (χ4n) is 10.2. The van der Waals surface area contributed by atoms with Crippen LogP contribution in [0, 0.1) is 0 Å². The van der Waals surface area contributed by atoms with Crippen LogP contribution in [0.4, 0.5) is 0 Å². The number of esters is 3. The molecule has 0 amide bonds. The summed E-state index contributed by atoms with van der Waals surface area (Å²) in [6.45, 7) is 2.26. The number of phosphoric acid groups is 2. The van der Waals surface area contributed by atoms with Crippen LogP contribution < -0.4 is 0 Å². The molecule has 4 N–H and O–H groups in total. The Balaban J connectivity index is 4.65. The van der Waals surface area contributed by atoms with Gasteiger partial charge < -0.3 is 34.2 Å². The molecular weight excluding hydrogens is 1390 g/mol. The van der Waals surface area contributed by atoms with Crippen molar-refractivity contribution in [1.29, 1.82) is 0 Å². The van der Waals surface area contributed by atoms with Gasteiger partial charge in [-0.05, 0) is 154 Å². The van der Waals surface area contributed by atoms with Crippen LogP contribution in [0.1, 0.15) is 290 Å². The third kappa shape index (κ3) is 81.2. The highest BCUT2D eigenvalue weighted by Crippen LogP contribution is 2.45. The van der Waals surface area contributed by atoms with E-state index in [-0.39, 0.29) is 19.3 Å². The van der Waals surface area contributed by atoms with E-state index in [4.69, 9.17) is 32.3 Å². The molecule has 0 saturated heterocycles. The Hall–Kier alpha value is -5.61. The van der Waals surface area contributed by atoms with Gasteiger partial charge >= 0.3 is 33.6 Å². The minimum absolute atomic E-state index is 0.0387. The molecule has 18 heteroatoms. The fourth-order valence-corrected chi connectivity index (χ4v) is 11.8. The molecule has 107 heavy (non-hydrogen) atoms. The van der Waals surface area contributed by atoms with E-state index < -0.39 is 91.5 Å². The molecule has 0 rings (SSSR count). The molecule has 0 aliphatic rings. The number of rotatable bonds is 75. The average Bonchev–Trinajstić information content (AvgIpc) is 0.928. The predicted molar refractivity (Wildman–Crippen MR) is 444 cm³/mol. The number of hydrogen-bond acceptors (Lipinski definition) is 14. The van der Waals surface area contributed by atoms with E-state index in [1.807, 2.05) is 18.2 Å². The summed E-state index contributed by atoms with van der Waals surface area (Å²) < 4.78 is 61.0. The molecule has 16 nitrogen and oxygen atoms in total. The molecule has 0 aliphatic heterocycles. The van der Waals surface area contributed by atoms with Crippen molar-refractivity contribution >= 4 is 33.6 Å². The number of hydrogen-bond donors (Lipinski definition) is 4. The Labute approximate surface area is 648 Å². The van der Waals surface area contributed by atoms with Gasteiger partial charge in [-0.2, -0.15) is 0 Å². The van der Waals surface area contributed by atoms with E-state index in [2.05, 4.69) is 197 Å². The van der Waals surface area contributed by atoms with Gasteiger partial charge in [0, 0.05) is 19.3 Å². The molecule has 606 valence electrons. The summed E-state index contributed by atoms with van der Waals surface area (Å²) in [4.78, 5) is 58.7. The molecule has 0 aliphatic carbocycles. The molecule has 5 unspecified atom stereocenters. The molecule has 0 aromatic carbocycles. The summed E-state index contributed by atoms with van der Waals surface area (Å²) in [5.74, 6) is -1.74. The number of carbonyl (C=O) groups is 3. The second-order valence-corrected chi connectivity index (χ2v) is 29.4. The lowest BCUT2D eigenvalue weighted by Crippen LogP contribution is -2.29. The van der Waals surface area contributed by atoms with E-state index in [0.29, 0.717) is 25.7 Å². The number of allylic oxidation sites excluding steroid dienone is 32. The van der Waals surface area contributed by atoms with Crippen molar-refractivity contribution in [1.82, 2.24) is 0 Å². The highest BCUT2D eigenvalue weighted by molar-refractivity contribution is 7.47. The van der Waals surface area contributed by atoms with Gasteiger partial charge in [0.2, 0.25) is 0 Å². The Kier molecular flexibility index (Phi) is 75.7. The van der Waals surface area contributed by atoms with Crippen LogP contribution in [0.25, 0.3) is 0 Å². The van der Waals surface area contributed by atoms with Crippen LogP contribution in [0.2, 0.25) is 0 Å². The van der Waals surface area contributed by atoms with Crippen LogP contribution in [0.3, 0.4) is 0 Å². The fraction of sp³-hybridized carbons (Fsp3) is 0.607. The number of aliphatic hydroxyl groups excluding tert-OH is 2. The Morgan fingerprint density at radius 3 is 0.841 bits per heavy atom. The monoisotopic (exact) mass is 1530 g/mol. The number of phosphoric ester groups is 2. The van der Waals surface area contributed by atoms with Crippen LogP contribution in [0.15, 0.2) is 194 Å². The van der Waals surface area contributed by atoms with Crippen molar-refractivity contribution in [3.63, 3.8) is 0 Å². The van der Waals surface area contributed by atoms with E-state index in [0.717, 1.165) is 122 Å². The second kappa shape index (κ2) is 79.9. The molecule has 0 saturated carbocycles. The minimum Gasteiger partial charge on any atom is -0.463 e. The van der Waals surface area contributed by atoms with E-state index in [9.17, 15) is 43.5 Å². The van der Waals surface area contributed by atoms with Gasteiger partial charge in [-0.15, -0.1) is 0 Å². The lowest BCUT2D eigenvalue weighted by atomic mass is 10.0. The summed E-state index contributed by atoms with van der Waals surface area (Å²) in [5.41, 5.74) is 0. The maximum absolute atomic E-state index is 13.0. The molecule has 0 radical (unpaired) electrons. The first-order chi connectivity index (χ1) is 52.2. The van der Waals surface area contributed by atoms with Crippen molar-refractivity contribution < 1.29 is 75.8 Å². The third-order valence-corrected chi connectivity index (χ3v) is 18.2. The lowest BCUT2D eigenvalue weighted by molar-refractivity contribution is -0.161. The van der Waals surface area contributed by atoms with Gasteiger partial charge in [0.05, 0.1) is 26.4 Å². The quantitative estimate of drug-likeness (QED) is 0.0146. The predicted octanol–water partition coefficient (Wildman–Crippen LogP) is 24.3. The van der Waals surface area contributed by atoms with Crippen LogP contribution in [-0.2, 0) is 55.8 Å². The summed E-state index contributed by atoms with van der Waals surface area (Å²) in [5, 5.41) is 20.7. The molecule has 0 heterocycles. The molecule has 5 atom stereocenters. The van der Waals surface area contributed by atoms with Gasteiger partial charge in [0.1, 0.15) is 25.4 Å². The second-order valence-electron chi connectivity index (χ2n) is 26.5. The zero-order valence-electron chi connectivity index (χ0n) is 66.2. The van der Waals surface area contributed by atoms with Crippen molar-refractivity contribution in [2.45, 2.75) is 309 Å². The van der Waals surface area contributed by atoms with Gasteiger partial charge in [-0.3, -0.25) is 32.5 Å². The maximum Gasteiger partial charge on any atom is 0.472 e. The first-order valence-corrected chi connectivity index (χ1v) is 43.7. The van der Waals surface area contributed by atoms with Crippen molar-refractivity contribution in [3.05, 3.63) is 194 Å². The van der Waals surface area contributed by atoms with E-state index in [1.165, 1.54) is 103 Å². The summed E-state index contributed by atoms with van der Waals surface area (Å²) in [7, 11) is -9.85. The molecule has 0 spiro atoms. The highest BCUT2D eigenvalue weighted by Gasteiger charge is 2.29. The number of unbranched alkanes of at least 4 members (excludes halogenated alkanes) is 20. The zero-order chi connectivity index (χ0) is 78.0. The average molecular weight is 1530 g/mol. The Morgan fingerprint density at radius 2 is 0.514 bits per heavy atom. The lowest BCUT2D eigenvalue weighted by Gasteiger charge is -2.21. The van der Waals surface area contributed by atoms with Crippen molar-refractivity contribution in [2.24, 2.45) is 0 Å². The van der Waals surface area contributed by atoms with Gasteiger partial charge in [0.25, 0.3) is 0 Å². The van der Waals surface area contributed by atoms with E-state index >= 15 is 0 Å². The summed E-state index contributed by atoms with van der Waals surface area (Å²) >= 11 is 0. The molecule has 0 aromatic heterocycles. The maximum atomic E-state index is 13.0. The van der Waals surface area contributed by atoms with Crippen LogP contribution in [-0.4, -0.2) is 95.9 Å². The van der Waals surface area contributed by atoms with Crippen LogP contribution >= 0.6 is 15.6 Å². The standard InChI is InChI=1S/C89H144O16P2/c1-4-7-10-13-16-19-22-25-28-31-34-36-37-38-39-40-41-42-43-44-45-47-50-51-54-57-60-63-66-69-72-75-87(92)99-78-84(90)79-101-106(95,96)102-80-85(91)81-103-107(97,98)104-83-86(105-89(94)77-74-71-68-65-62-59-56-53-48-33-30-27-24-21-18-15-12-9-6-3)82-100-88(93)76-73-70-67-64-61-58-55-52-49-46-35-32-29-26-23-20-17-14-11-8-5-2/h8-9,11-12,16-21,25-30,34-36,38-39,46,48,52-53,55,59,61-62,64,68,71,84-86,90-91H,4-7,10,13-15,22-24,31-33,37,40-45,47,49-51,54,56-58,60,63,65-67,69-70,72-83H2,1-3H3,(H,95,96)(H,97,98)/b11-8-,12-9-,19-16-,20-17-,21-18-,28-25-,29-26-,30-27-,36-34-,39-38-,46-35-,53-48-,55-52-,62-59-,64-61-,71-68-. The first-order valence-electron chi connectivity index (χ1n) is 40.7. The SMILES string of the molecule is CC/C=C\C/C=C\C/C=C\C/C=C\C/C=C\C/C=C\CCCCC(=O)OCC(COP(=O)(O)OCC(O)COP(=O)(O)OCC(O)COC(=O)CCCCCCCCCCCCCCCCC/C=C\C/C=C\C/C=C\C/C=C\CCCCC)OC(=O)CC/C=C\C/C=C\C/C=C\C/C=C\C/C=C\C/C=C\CC. The molecular formula is C89H144O16P2. The van der Waals surface area contributed by atoms with Crippen LogP contribution in [0.5, 0.6) is 0 Å². The Morgan fingerprint density at radius 1 is 0.271 bits per heavy atom. The first kappa shape index (κ1) is 101. The third-order valence-electron chi connectivity index (χ3n) is 16.3. The minimum atomic E-state index is -4.97. The molecule has 0 aromatic rings. The topological polar surface area (TPSA) is 231 Å². The smallest absolute Gasteiger partial charge is 0.463 e. The zero-order valence-corrected chi connectivity index (χ0v) is 68.0. The van der Waals surface area contributed by atoms with Crippen molar-refractivity contribution in [3.8, 4) is 0 Å². The molecule has 0 bridgehead atoms. The van der Waals surface area contributed by atoms with Gasteiger partial charge in [-0.25, -0.2) is 9.13 Å². The Bertz CT molecular complexity index is 2720. The normalized spacial score (nSPS) is 14.9. The molecule has 0 fully saturated rings. The number of aliphatic hydroxyl groups is 2. The van der Waals surface area contributed by atoms with E-state index in [1.54, 1.807) is 0 Å². The summed E-state index contributed by atoms with van der Waals surface area (Å²) in [6.07, 6.45) is 105. The van der Waals surface area contributed by atoms with Gasteiger partial charge in [-0.1, -0.05) is 312 Å². The number of carbonyl (C=O) groups excluding carboxylic acids is 3. The van der Waals surface area contributed by atoms with Gasteiger partial charge in [0.15, 0.2) is 6.10 Å². The number of ether oxygens (including phenoxy) is 3.